The van der Waals surface area contributed by atoms with Gasteiger partial charge in [-0.25, -0.2) is 14.0 Å². The molecule has 0 bridgehead atoms. The number of urea groups is 1. The van der Waals surface area contributed by atoms with E-state index in [1.54, 1.807) is 56.1 Å². The minimum absolute atomic E-state index is 0.0620. The summed E-state index contributed by atoms with van der Waals surface area (Å²) >= 11 is 0. The number of benzene rings is 3. The number of halogens is 4. The van der Waals surface area contributed by atoms with Crippen LogP contribution >= 0.6 is 0 Å². The van der Waals surface area contributed by atoms with Crippen LogP contribution in [-0.4, -0.2) is 54.8 Å². The Kier molecular flexibility index (Phi) is 9.52. The van der Waals surface area contributed by atoms with E-state index in [2.05, 4.69) is 5.32 Å². The number of para-hydroxylation sites is 1. The highest BCUT2D eigenvalue weighted by molar-refractivity contribution is 5.80. The highest BCUT2D eigenvalue weighted by atomic mass is 19.4. The monoisotopic (exact) mass is 602 g/mol. The molecule has 43 heavy (non-hydrogen) atoms. The van der Waals surface area contributed by atoms with Crippen molar-refractivity contribution in [2.24, 2.45) is 0 Å². The molecule has 2 atom stereocenters. The molecule has 2 amide bonds. The number of esters is 1. The SMILES string of the molecule is CCOC(=O)C(C)(Cc1ccc(OCCC2(Cc3ccc(C(F)(F)F)cc3)CNC(=O)N2C)cc1)Oc1ccccc1F. The molecule has 230 valence electrons. The Morgan fingerprint density at radius 3 is 2.23 bits per heavy atom. The molecule has 1 heterocycles. The molecule has 0 spiro atoms. The summed E-state index contributed by atoms with van der Waals surface area (Å²) in [4.78, 5) is 26.7. The van der Waals surface area contributed by atoms with Gasteiger partial charge in [0.1, 0.15) is 5.75 Å². The molecule has 3 aromatic carbocycles. The minimum Gasteiger partial charge on any atom is -0.494 e. The van der Waals surface area contributed by atoms with Crippen molar-refractivity contribution >= 4 is 12.0 Å². The number of hydrogen-bond donors (Lipinski definition) is 1. The van der Waals surface area contributed by atoms with Gasteiger partial charge in [0.2, 0.25) is 5.60 Å². The van der Waals surface area contributed by atoms with Gasteiger partial charge in [0.25, 0.3) is 0 Å². The third-order valence-electron chi connectivity index (χ3n) is 7.58. The number of hydrogen-bond acceptors (Lipinski definition) is 5. The Balaban J connectivity index is 1.42. The van der Waals surface area contributed by atoms with Gasteiger partial charge in [-0.2, -0.15) is 13.2 Å². The van der Waals surface area contributed by atoms with E-state index in [0.717, 1.165) is 17.7 Å². The number of likely N-dealkylation sites (N-methyl/N-ethyl adjacent to an activating group) is 1. The molecular formula is C32H34F4N2O5. The molecule has 7 nitrogen and oxygen atoms in total. The summed E-state index contributed by atoms with van der Waals surface area (Å²) in [5, 5.41) is 2.81. The Morgan fingerprint density at radius 1 is 1.00 bits per heavy atom. The second kappa shape index (κ2) is 12.9. The van der Waals surface area contributed by atoms with Gasteiger partial charge in [0.15, 0.2) is 11.6 Å². The lowest BCUT2D eigenvalue weighted by Gasteiger charge is -2.35. The molecule has 1 saturated heterocycles. The fourth-order valence-corrected chi connectivity index (χ4v) is 5.07. The number of alkyl halides is 3. The maximum Gasteiger partial charge on any atom is 0.416 e. The zero-order valence-corrected chi connectivity index (χ0v) is 24.2. The molecule has 4 rings (SSSR count). The first-order valence-corrected chi connectivity index (χ1v) is 13.9. The second-order valence-electron chi connectivity index (χ2n) is 10.7. The molecule has 0 aliphatic carbocycles. The van der Waals surface area contributed by atoms with Crippen LogP contribution in [-0.2, 0) is 28.5 Å². The average Bonchev–Trinajstić information content (AvgIpc) is 3.24. The van der Waals surface area contributed by atoms with Gasteiger partial charge >= 0.3 is 18.2 Å². The molecule has 1 fully saturated rings. The zero-order chi connectivity index (χ0) is 31.3. The highest BCUT2D eigenvalue weighted by Gasteiger charge is 2.43. The number of ether oxygens (including phenoxy) is 3. The molecule has 1 N–H and O–H groups in total. The van der Waals surface area contributed by atoms with E-state index in [9.17, 15) is 27.2 Å². The number of carbonyl (C=O) groups is 2. The van der Waals surface area contributed by atoms with Gasteiger partial charge in [-0.05, 0) is 67.8 Å². The zero-order valence-electron chi connectivity index (χ0n) is 24.2. The van der Waals surface area contributed by atoms with Crippen molar-refractivity contribution in [1.29, 1.82) is 0 Å². The quantitative estimate of drug-likeness (QED) is 0.198. The maximum absolute atomic E-state index is 14.3. The molecule has 2 unspecified atom stereocenters. The Labute approximate surface area is 247 Å². The first-order chi connectivity index (χ1) is 20.3. The molecule has 0 saturated carbocycles. The second-order valence-corrected chi connectivity index (χ2v) is 10.7. The van der Waals surface area contributed by atoms with Crippen LogP contribution in [0.2, 0.25) is 0 Å². The first kappa shape index (κ1) is 31.7. The van der Waals surface area contributed by atoms with Crippen molar-refractivity contribution in [2.45, 2.75) is 50.4 Å². The summed E-state index contributed by atoms with van der Waals surface area (Å²) < 4.78 is 70.3. The summed E-state index contributed by atoms with van der Waals surface area (Å²) in [6.45, 7) is 3.91. The van der Waals surface area contributed by atoms with Crippen molar-refractivity contribution < 1.29 is 41.4 Å². The Morgan fingerprint density at radius 2 is 1.65 bits per heavy atom. The lowest BCUT2D eigenvalue weighted by atomic mass is 9.87. The molecular weight excluding hydrogens is 568 g/mol. The Bertz CT molecular complexity index is 1410. The van der Waals surface area contributed by atoms with E-state index in [-0.39, 0.29) is 31.4 Å². The van der Waals surface area contributed by atoms with E-state index in [1.165, 1.54) is 30.3 Å². The molecule has 0 radical (unpaired) electrons. The fourth-order valence-electron chi connectivity index (χ4n) is 5.07. The van der Waals surface area contributed by atoms with Crippen LogP contribution in [0.1, 0.15) is 37.0 Å². The van der Waals surface area contributed by atoms with Gasteiger partial charge in [0.05, 0.1) is 24.3 Å². The first-order valence-electron chi connectivity index (χ1n) is 13.9. The summed E-state index contributed by atoms with van der Waals surface area (Å²) in [6, 6.07) is 17.5. The predicted octanol–water partition coefficient (Wildman–Crippen LogP) is 6.19. The molecule has 1 aliphatic rings. The average molecular weight is 603 g/mol. The third-order valence-corrected chi connectivity index (χ3v) is 7.58. The van der Waals surface area contributed by atoms with E-state index in [0.29, 0.717) is 30.7 Å². The van der Waals surface area contributed by atoms with Gasteiger partial charge in [-0.15, -0.1) is 0 Å². The Hall–Kier alpha value is -4.28. The van der Waals surface area contributed by atoms with E-state index in [4.69, 9.17) is 14.2 Å². The number of amides is 2. The van der Waals surface area contributed by atoms with Crippen LogP contribution in [0.4, 0.5) is 22.4 Å². The van der Waals surface area contributed by atoms with Crippen LogP contribution in [0.25, 0.3) is 0 Å². The summed E-state index contributed by atoms with van der Waals surface area (Å²) in [5.74, 6) is -0.738. The standard InChI is InChI=1S/C32H34F4N2O5/c1-4-41-28(39)30(2,43-27-8-6-5-7-26(27)33)19-22-11-15-25(16-12-22)42-18-17-31(21-37-29(40)38(31)3)20-23-9-13-24(14-10-23)32(34,35)36/h5-16H,4,17-21H2,1-3H3,(H,37,40). The third kappa shape index (κ3) is 7.57. The molecule has 0 aromatic heterocycles. The van der Waals surface area contributed by atoms with Crippen molar-refractivity contribution in [3.63, 3.8) is 0 Å². The normalized spacial score (nSPS) is 18.1. The summed E-state index contributed by atoms with van der Waals surface area (Å²) in [6.07, 6.45) is -3.56. The van der Waals surface area contributed by atoms with E-state index < -0.39 is 34.7 Å². The van der Waals surface area contributed by atoms with Gasteiger partial charge in [-0.3, -0.25) is 0 Å². The topological polar surface area (TPSA) is 77.1 Å². The minimum atomic E-state index is -4.43. The number of nitrogens with zero attached hydrogens (tertiary/aromatic N) is 1. The van der Waals surface area contributed by atoms with Crippen LogP contribution in [0.15, 0.2) is 72.8 Å². The lowest BCUT2D eigenvalue weighted by Crippen LogP contribution is -2.48. The fraction of sp³-hybridized carbons (Fsp3) is 0.375. The van der Waals surface area contributed by atoms with Crippen LogP contribution in [0.3, 0.4) is 0 Å². The van der Waals surface area contributed by atoms with Crippen LogP contribution < -0.4 is 14.8 Å². The number of nitrogens with one attached hydrogen (secondary N) is 1. The largest absolute Gasteiger partial charge is 0.494 e. The van der Waals surface area contributed by atoms with Crippen molar-refractivity contribution in [1.82, 2.24) is 10.2 Å². The van der Waals surface area contributed by atoms with Gasteiger partial charge < -0.3 is 24.4 Å². The molecule has 3 aromatic rings. The van der Waals surface area contributed by atoms with Crippen molar-refractivity contribution in [2.75, 3.05) is 26.8 Å². The lowest BCUT2D eigenvalue weighted by molar-refractivity contribution is -0.160. The molecule has 11 heteroatoms. The van der Waals surface area contributed by atoms with Crippen molar-refractivity contribution in [3.05, 3.63) is 95.3 Å². The summed E-state index contributed by atoms with van der Waals surface area (Å²) in [5.41, 5.74) is -1.51. The van der Waals surface area contributed by atoms with E-state index >= 15 is 0 Å². The van der Waals surface area contributed by atoms with Gasteiger partial charge in [0, 0.05) is 26.4 Å². The maximum atomic E-state index is 14.3. The van der Waals surface area contributed by atoms with Crippen LogP contribution in [0, 0.1) is 5.82 Å². The van der Waals surface area contributed by atoms with Gasteiger partial charge in [-0.1, -0.05) is 36.4 Å². The van der Waals surface area contributed by atoms with Crippen molar-refractivity contribution in [3.8, 4) is 11.5 Å². The van der Waals surface area contributed by atoms with Crippen LogP contribution in [0.5, 0.6) is 11.5 Å². The smallest absolute Gasteiger partial charge is 0.416 e. The molecule has 1 aliphatic heterocycles. The number of rotatable bonds is 12. The predicted molar refractivity (Wildman–Crippen MR) is 151 cm³/mol. The summed E-state index contributed by atoms with van der Waals surface area (Å²) in [7, 11) is 1.66. The number of carbonyl (C=O) groups excluding carboxylic acids is 2. The van der Waals surface area contributed by atoms with E-state index in [1.807, 2.05) is 0 Å². The highest BCUT2D eigenvalue weighted by Crippen LogP contribution is 2.32.